The van der Waals surface area contributed by atoms with E-state index in [1.807, 2.05) is 60.7 Å². The van der Waals surface area contributed by atoms with E-state index in [1.165, 1.54) is 12.5 Å². The van der Waals surface area contributed by atoms with Gasteiger partial charge in [-0.15, -0.1) is 5.10 Å². The molecule has 6 heteroatoms. The molecule has 1 amide bonds. The molecule has 0 saturated carbocycles. The Hall–Kier alpha value is -3.41. The Labute approximate surface area is 170 Å². The second-order valence-electron chi connectivity index (χ2n) is 7.07. The summed E-state index contributed by atoms with van der Waals surface area (Å²) in [6.07, 6.45) is 6.78. The first-order valence-electron chi connectivity index (χ1n) is 9.96. The average molecular weight is 388 g/mol. The molecular weight excluding hydrogens is 364 g/mol. The molecule has 29 heavy (non-hydrogen) atoms. The topological polar surface area (TPSA) is 71.3 Å². The molecule has 1 N–H and O–H groups in total. The Balaban J connectivity index is 1.53. The molecule has 1 aliphatic rings. The number of hydrogen-bond acceptors (Lipinski definition) is 5. The first kappa shape index (κ1) is 18.9. The zero-order valence-corrected chi connectivity index (χ0v) is 16.2. The van der Waals surface area contributed by atoms with E-state index < -0.39 is 6.04 Å². The van der Waals surface area contributed by atoms with Crippen LogP contribution in [0, 0.1) is 0 Å². The highest BCUT2D eigenvalue weighted by molar-refractivity contribution is 5.92. The molecule has 1 atom stereocenters. The molecule has 4 rings (SSSR count). The molecule has 1 fully saturated rings. The van der Waals surface area contributed by atoms with Crippen molar-refractivity contribution < 1.29 is 9.21 Å². The molecule has 0 bridgehead atoms. The Kier molecular flexibility index (Phi) is 6.00. The van der Waals surface area contributed by atoms with E-state index in [9.17, 15) is 4.79 Å². The van der Waals surface area contributed by atoms with Crippen molar-refractivity contribution in [1.82, 2.24) is 15.5 Å². The third-order valence-electron chi connectivity index (χ3n) is 4.95. The van der Waals surface area contributed by atoms with Crippen molar-refractivity contribution in [3.8, 4) is 0 Å². The molecule has 1 saturated heterocycles. The summed E-state index contributed by atoms with van der Waals surface area (Å²) in [6, 6.07) is 19.4. The molecule has 0 spiro atoms. The van der Waals surface area contributed by atoms with Crippen molar-refractivity contribution in [3.63, 3.8) is 0 Å². The highest BCUT2D eigenvalue weighted by Crippen LogP contribution is 2.25. The van der Waals surface area contributed by atoms with Crippen molar-refractivity contribution >= 4 is 18.0 Å². The van der Waals surface area contributed by atoms with Crippen LogP contribution in [0.5, 0.6) is 0 Å². The molecule has 0 aliphatic carbocycles. The standard InChI is InChI=1S/C23H24N4O2/c28-20(15-14-18-10-4-1-5-11-18)24-21(19-12-6-2-7-13-19)22-25-26-23(29-22)27-16-8-3-9-17-27/h1-2,4-7,10-15,21H,3,8-9,16-17H2,(H,24,28)/b15-14+/t21-/m1/s1. The van der Waals surface area contributed by atoms with E-state index >= 15 is 0 Å². The fraction of sp³-hybridized carbons (Fsp3) is 0.261. The first-order valence-corrected chi connectivity index (χ1v) is 9.96. The summed E-state index contributed by atoms with van der Waals surface area (Å²) < 4.78 is 5.97. The van der Waals surface area contributed by atoms with Crippen molar-refractivity contribution in [2.45, 2.75) is 25.3 Å². The van der Waals surface area contributed by atoms with Crippen LogP contribution in [0.3, 0.4) is 0 Å². The van der Waals surface area contributed by atoms with Gasteiger partial charge in [0.25, 0.3) is 0 Å². The van der Waals surface area contributed by atoms with Gasteiger partial charge in [0.05, 0.1) is 0 Å². The number of piperidine rings is 1. The third-order valence-corrected chi connectivity index (χ3v) is 4.95. The van der Waals surface area contributed by atoms with Gasteiger partial charge in [0, 0.05) is 19.2 Å². The highest BCUT2D eigenvalue weighted by Gasteiger charge is 2.24. The molecule has 0 radical (unpaired) electrons. The average Bonchev–Trinajstić information content (AvgIpc) is 3.28. The van der Waals surface area contributed by atoms with E-state index in [4.69, 9.17) is 4.42 Å². The SMILES string of the molecule is O=C(/C=C/c1ccccc1)N[C@H](c1ccccc1)c1nnc(N2CCCCC2)o1. The second-order valence-corrected chi connectivity index (χ2v) is 7.07. The summed E-state index contributed by atoms with van der Waals surface area (Å²) >= 11 is 0. The number of carbonyl (C=O) groups excluding carboxylic acids is 1. The second kappa shape index (κ2) is 9.19. The molecule has 148 valence electrons. The van der Waals surface area contributed by atoms with Gasteiger partial charge in [0.2, 0.25) is 11.8 Å². The number of hydrogen-bond donors (Lipinski definition) is 1. The minimum absolute atomic E-state index is 0.222. The van der Waals surface area contributed by atoms with E-state index in [1.54, 1.807) is 6.08 Å². The number of nitrogens with zero attached hydrogens (tertiary/aromatic N) is 3. The van der Waals surface area contributed by atoms with Crippen LogP contribution in [0.25, 0.3) is 6.08 Å². The Morgan fingerprint density at radius 3 is 2.38 bits per heavy atom. The summed E-state index contributed by atoms with van der Waals surface area (Å²) in [7, 11) is 0. The van der Waals surface area contributed by atoms with Gasteiger partial charge in [-0.3, -0.25) is 4.79 Å². The molecule has 6 nitrogen and oxygen atoms in total. The fourth-order valence-corrected chi connectivity index (χ4v) is 3.42. The maximum Gasteiger partial charge on any atom is 0.318 e. The zero-order valence-electron chi connectivity index (χ0n) is 16.2. The predicted octanol–water partition coefficient (Wildman–Crippen LogP) is 3.98. The summed E-state index contributed by atoms with van der Waals surface area (Å²) in [5.74, 6) is 0.165. The summed E-state index contributed by atoms with van der Waals surface area (Å²) in [6.45, 7) is 1.84. The molecule has 2 heterocycles. The maximum atomic E-state index is 12.6. The van der Waals surface area contributed by atoms with Crippen LogP contribution in [0.1, 0.15) is 42.3 Å². The van der Waals surface area contributed by atoms with Crippen molar-refractivity contribution in [3.05, 3.63) is 83.8 Å². The summed E-state index contributed by atoms with van der Waals surface area (Å²) in [4.78, 5) is 14.7. The minimum Gasteiger partial charge on any atom is -0.405 e. The molecule has 1 aromatic heterocycles. The Bertz CT molecular complexity index is 947. The molecule has 2 aromatic carbocycles. The van der Waals surface area contributed by atoms with E-state index in [2.05, 4.69) is 20.4 Å². The van der Waals surface area contributed by atoms with E-state index in [0.717, 1.165) is 37.1 Å². The van der Waals surface area contributed by atoms with Gasteiger partial charge in [-0.2, -0.15) is 0 Å². The van der Waals surface area contributed by atoms with Crippen LogP contribution in [-0.2, 0) is 4.79 Å². The number of rotatable bonds is 6. The number of aromatic nitrogens is 2. The maximum absolute atomic E-state index is 12.6. The van der Waals surface area contributed by atoms with E-state index in [0.29, 0.717) is 11.9 Å². The largest absolute Gasteiger partial charge is 0.405 e. The van der Waals surface area contributed by atoms with Crippen LogP contribution in [-0.4, -0.2) is 29.2 Å². The van der Waals surface area contributed by atoms with Gasteiger partial charge in [-0.05, 0) is 36.5 Å². The summed E-state index contributed by atoms with van der Waals surface area (Å²) in [5, 5.41) is 11.5. The lowest BCUT2D eigenvalue weighted by atomic mass is 10.1. The lowest BCUT2D eigenvalue weighted by Gasteiger charge is -2.24. The first-order chi connectivity index (χ1) is 14.3. The summed E-state index contributed by atoms with van der Waals surface area (Å²) in [5.41, 5.74) is 1.85. The zero-order chi connectivity index (χ0) is 19.9. The van der Waals surface area contributed by atoms with Gasteiger partial charge in [-0.1, -0.05) is 65.8 Å². The molecular formula is C23H24N4O2. The van der Waals surface area contributed by atoms with Gasteiger partial charge in [0.15, 0.2) is 0 Å². The van der Waals surface area contributed by atoms with Crippen molar-refractivity contribution in [2.75, 3.05) is 18.0 Å². The Morgan fingerprint density at radius 1 is 0.966 bits per heavy atom. The normalized spacial score (nSPS) is 15.4. The van der Waals surface area contributed by atoms with Crippen molar-refractivity contribution in [1.29, 1.82) is 0 Å². The van der Waals surface area contributed by atoms with Crippen molar-refractivity contribution in [2.24, 2.45) is 0 Å². The van der Waals surface area contributed by atoms with Crippen LogP contribution in [0.15, 0.2) is 71.2 Å². The van der Waals surface area contributed by atoms with Crippen LogP contribution < -0.4 is 10.2 Å². The predicted molar refractivity (Wildman–Crippen MR) is 112 cm³/mol. The number of nitrogens with one attached hydrogen (secondary N) is 1. The van der Waals surface area contributed by atoms with E-state index in [-0.39, 0.29) is 5.91 Å². The highest BCUT2D eigenvalue weighted by atomic mass is 16.4. The minimum atomic E-state index is -0.504. The quantitative estimate of drug-likeness (QED) is 0.647. The van der Waals surface area contributed by atoms with Gasteiger partial charge >= 0.3 is 6.01 Å². The van der Waals surface area contributed by atoms with Gasteiger partial charge in [0.1, 0.15) is 6.04 Å². The fourth-order valence-electron chi connectivity index (χ4n) is 3.42. The lowest BCUT2D eigenvalue weighted by molar-refractivity contribution is -0.117. The van der Waals surface area contributed by atoms with Gasteiger partial charge < -0.3 is 14.6 Å². The smallest absolute Gasteiger partial charge is 0.318 e. The third kappa shape index (κ3) is 4.90. The lowest BCUT2D eigenvalue weighted by Crippen LogP contribution is -2.29. The number of amides is 1. The molecule has 1 aliphatic heterocycles. The number of carbonyl (C=O) groups is 1. The van der Waals surface area contributed by atoms with Crippen LogP contribution in [0.2, 0.25) is 0 Å². The van der Waals surface area contributed by atoms with Gasteiger partial charge in [-0.25, -0.2) is 0 Å². The number of anilines is 1. The monoisotopic (exact) mass is 388 g/mol. The van der Waals surface area contributed by atoms with Crippen LogP contribution >= 0.6 is 0 Å². The Morgan fingerprint density at radius 2 is 1.66 bits per heavy atom. The molecule has 0 unspecified atom stereocenters. The van der Waals surface area contributed by atoms with Crippen LogP contribution in [0.4, 0.5) is 6.01 Å². The number of benzene rings is 2. The molecule has 3 aromatic rings.